The van der Waals surface area contributed by atoms with Crippen LogP contribution in [0.2, 0.25) is 0 Å². The zero-order valence-corrected chi connectivity index (χ0v) is 21.0. The molecule has 0 radical (unpaired) electrons. The number of ether oxygens (including phenoxy) is 1. The van der Waals surface area contributed by atoms with E-state index in [1.165, 1.54) is 24.2 Å². The fourth-order valence-corrected chi connectivity index (χ4v) is 7.56. The molecular formula is C28H36N2O5. The largest absolute Gasteiger partial charge is 0.462 e. The van der Waals surface area contributed by atoms with E-state index in [4.69, 9.17) is 4.74 Å². The summed E-state index contributed by atoms with van der Waals surface area (Å²) in [5.74, 6) is 0.863. The normalized spacial score (nSPS) is 32.1. The highest BCUT2D eigenvalue weighted by Gasteiger charge is 2.58. The van der Waals surface area contributed by atoms with Crippen molar-refractivity contribution in [1.29, 1.82) is 0 Å². The summed E-state index contributed by atoms with van der Waals surface area (Å²) in [5.41, 5.74) is 0.419. The van der Waals surface area contributed by atoms with Crippen LogP contribution in [-0.4, -0.2) is 47.3 Å². The van der Waals surface area contributed by atoms with Gasteiger partial charge in [-0.05, 0) is 101 Å². The van der Waals surface area contributed by atoms with Crippen molar-refractivity contribution in [2.24, 2.45) is 23.2 Å². The summed E-state index contributed by atoms with van der Waals surface area (Å²) in [6.45, 7) is 6.03. The fraction of sp³-hybridized carbons (Fsp3) is 0.643. The highest BCUT2D eigenvalue weighted by molar-refractivity contribution is 6.23. The Kier molecular flexibility index (Phi) is 6.22. The first-order valence-electron chi connectivity index (χ1n) is 13.2. The van der Waals surface area contributed by atoms with Gasteiger partial charge in [0.1, 0.15) is 6.04 Å². The lowest BCUT2D eigenvalue weighted by Crippen LogP contribution is -2.59. The first-order chi connectivity index (χ1) is 16.8. The molecule has 0 N–H and O–H groups in total. The Morgan fingerprint density at radius 1 is 1.03 bits per heavy atom. The highest BCUT2D eigenvalue weighted by Crippen LogP contribution is 2.61. The number of rotatable bonds is 7. The molecule has 4 saturated carbocycles. The van der Waals surface area contributed by atoms with Crippen LogP contribution in [0.5, 0.6) is 0 Å². The molecular weight excluding hydrogens is 444 g/mol. The van der Waals surface area contributed by atoms with Crippen LogP contribution in [0, 0.1) is 23.2 Å². The van der Waals surface area contributed by atoms with E-state index in [0.717, 1.165) is 25.7 Å². The van der Waals surface area contributed by atoms with E-state index in [-0.39, 0.29) is 42.2 Å². The van der Waals surface area contributed by atoms with Crippen molar-refractivity contribution in [2.75, 3.05) is 11.5 Å². The molecule has 5 fully saturated rings. The molecule has 188 valence electrons. The SMILES string of the molecule is CCOC(=O)c1ccc(N2C(=O)CC(N(C(=O)C34CC5CC(CC(C5)C3)C4)C(C)CC)C2=O)cc1. The minimum absolute atomic E-state index is 0.000900. The molecule has 2 unspecified atom stereocenters. The summed E-state index contributed by atoms with van der Waals surface area (Å²) in [7, 11) is 0. The molecule has 7 heteroatoms. The van der Waals surface area contributed by atoms with Crippen LogP contribution in [-0.2, 0) is 19.1 Å². The van der Waals surface area contributed by atoms with Crippen molar-refractivity contribution in [1.82, 2.24) is 4.90 Å². The lowest BCUT2D eigenvalue weighted by atomic mass is 9.49. The predicted molar refractivity (Wildman–Crippen MR) is 131 cm³/mol. The summed E-state index contributed by atoms with van der Waals surface area (Å²) in [4.78, 5) is 55.9. The third kappa shape index (κ3) is 4.07. The monoisotopic (exact) mass is 480 g/mol. The van der Waals surface area contributed by atoms with Gasteiger partial charge in [0.05, 0.1) is 29.7 Å². The van der Waals surface area contributed by atoms with E-state index in [1.54, 1.807) is 36.1 Å². The van der Waals surface area contributed by atoms with Gasteiger partial charge in [0.2, 0.25) is 11.8 Å². The van der Waals surface area contributed by atoms with Gasteiger partial charge in [-0.25, -0.2) is 9.69 Å². The molecule has 35 heavy (non-hydrogen) atoms. The molecule has 0 spiro atoms. The maximum absolute atomic E-state index is 14.3. The van der Waals surface area contributed by atoms with E-state index in [0.29, 0.717) is 29.0 Å². The van der Waals surface area contributed by atoms with Gasteiger partial charge in [0.25, 0.3) is 5.91 Å². The Morgan fingerprint density at radius 3 is 2.11 bits per heavy atom. The van der Waals surface area contributed by atoms with Gasteiger partial charge >= 0.3 is 5.97 Å². The zero-order valence-electron chi connectivity index (χ0n) is 21.0. The summed E-state index contributed by atoms with van der Waals surface area (Å²) in [5, 5.41) is 0. The number of benzene rings is 1. The number of carbonyl (C=O) groups is 4. The first kappa shape index (κ1) is 24.0. The Morgan fingerprint density at radius 2 is 1.60 bits per heavy atom. The topological polar surface area (TPSA) is 84.0 Å². The van der Waals surface area contributed by atoms with E-state index in [2.05, 4.69) is 0 Å². The number of hydrogen-bond donors (Lipinski definition) is 0. The van der Waals surface area contributed by atoms with Crippen LogP contribution in [0.4, 0.5) is 5.69 Å². The van der Waals surface area contributed by atoms with Crippen LogP contribution >= 0.6 is 0 Å². The minimum Gasteiger partial charge on any atom is -0.462 e. The minimum atomic E-state index is -0.775. The predicted octanol–water partition coefficient (Wildman–Crippen LogP) is 4.34. The highest BCUT2D eigenvalue weighted by atomic mass is 16.5. The van der Waals surface area contributed by atoms with Crippen LogP contribution in [0.15, 0.2) is 24.3 Å². The Bertz CT molecular complexity index is 997. The molecule has 3 amide bonds. The molecule has 2 atom stereocenters. The Labute approximate surface area is 207 Å². The van der Waals surface area contributed by atoms with Crippen LogP contribution in [0.1, 0.15) is 82.5 Å². The molecule has 1 aliphatic heterocycles. The Balaban J connectivity index is 1.40. The number of amides is 3. The van der Waals surface area contributed by atoms with Crippen molar-refractivity contribution < 1.29 is 23.9 Å². The first-order valence-corrected chi connectivity index (χ1v) is 13.2. The smallest absolute Gasteiger partial charge is 0.338 e. The number of esters is 1. The van der Waals surface area contributed by atoms with Crippen molar-refractivity contribution in [3.63, 3.8) is 0 Å². The molecule has 5 aliphatic rings. The lowest BCUT2D eigenvalue weighted by Gasteiger charge is -2.57. The van der Waals surface area contributed by atoms with Gasteiger partial charge in [-0.2, -0.15) is 0 Å². The van der Waals surface area contributed by atoms with Crippen molar-refractivity contribution in [3.8, 4) is 0 Å². The summed E-state index contributed by atoms with van der Waals surface area (Å²) in [6, 6.07) is 5.42. The molecule has 1 aromatic carbocycles. The van der Waals surface area contributed by atoms with E-state index in [1.807, 2.05) is 13.8 Å². The average molecular weight is 481 g/mol. The second kappa shape index (κ2) is 9.07. The van der Waals surface area contributed by atoms with Crippen molar-refractivity contribution in [3.05, 3.63) is 29.8 Å². The molecule has 1 heterocycles. The second-order valence-electron chi connectivity index (χ2n) is 11.2. The van der Waals surface area contributed by atoms with E-state index in [9.17, 15) is 19.2 Å². The maximum Gasteiger partial charge on any atom is 0.338 e. The molecule has 1 saturated heterocycles. The quantitative estimate of drug-likeness (QED) is 0.428. The molecule has 0 aromatic heterocycles. The summed E-state index contributed by atoms with van der Waals surface area (Å²) >= 11 is 0. The number of carbonyl (C=O) groups excluding carboxylic acids is 4. The fourth-order valence-electron chi connectivity index (χ4n) is 7.56. The molecule has 7 nitrogen and oxygen atoms in total. The van der Waals surface area contributed by atoms with Gasteiger partial charge in [-0.15, -0.1) is 0 Å². The van der Waals surface area contributed by atoms with Crippen molar-refractivity contribution >= 4 is 29.4 Å². The number of hydrogen-bond acceptors (Lipinski definition) is 5. The van der Waals surface area contributed by atoms with E-state index < -0.39 is 12.0 Å². The number of imide groups is 1. The second-order valence-corrected chi connectivity index (χ2v) is 11.2. The van der Waals surface area contributed by atoms with Gasteiger partial charge in [0.15, 0.2) is 0 Å². The lowest BCUT2D eigenvalue weighted by molar-refractivity contribution is -0.164. The third-order valence-electron chi connectivity index (χ3n) is 8.89. The maximum atomic E-state index is 14.3. The van der Waals surface area contributed by atoms with Gasteiger partial charge < -0.3 is 9.64 Å². The Hall–Kier alpha value is -2.70. The zero-order chi connectivity index (χ0) is 24.9. The molecule has 1 aromatic rings. The van der Waals surface area contributed by atoms with Gasteiger partial charge in [0, 0.05) is 6.04 Å². The standard InChI is InChI=1S/C28H36N2O5/c1-4-17(3)29(27(34)28-14-18-10-19(15-28)12-20(11-18)16-28)23-13-24(31)30(25(23)32)22-8-6-21(7-9-22)26(33)35-5-2/h6-9,17-20,23H,4-5,10-16H2,1-3H3. The van der Waals surface area contributed by atoms with Crippen LogP contribution < -0.4 is 4.90 Å². The molecule has 4 bridgehead atoms. The van der Waals surface area contributed by atoms with Crippen LogP contribution in [0.25, 0.3) is 0 Å². The number of anilines is 1. The van der Waals surface area contributed by atoms with E-state index >= 15 is 0 Å². The molecule has 6 rings (SSSR count). The molecule has 4 aliphatic carbocycles. The van der Waals surface area contributed by atoms with Crippen molar-refractivity contribution in [2.45, 2.75) is 84.2 Å². The summed E-state index contributed by atoms with van der Waals surface area (Å²) in [6.07, 6.45) is 7.24. The number of nitrogens with zero attached hydrogens (tertiary/aromatic N) is 2. The van der Waals surface area contributed by atoms with Crippen LogP contribution in [0.3, 0.4) is 0 Å². The van der Waals surface area contributed by atoms with Gasteiger partial charge in [-0.3, -0.25) is 14.4 Å². The van der Waals surface area contributed by atoms with Gasteiger partial charge in [-0.1, -0.05) is 6.92 Å². The third-order valence-corrected chi connectivity index (χ3v) is 8.89. The summed E-state index contributed by atoms with van der Waals surface area (Å²) < 4.78 is 5.02. The average Bonchev–Trinajstić information content (AvgIpc) is 3.11.